The highest BCUT2D eigenvalue weighted by molar-refractivity contribution is 7.89. The first-order valence-electron chi connectivity index (χ1n) is 7.04. The van der Waals surface area contributed by atoms with Gasteiger partial charge in [-0.1, -0.05) is 23.7 Å². The summed E-state index contributed by atoms with van der Waals surface area (Å²) >= 11 is 5.84. The van der Waals surface area contributed by atoms with Crippen LogP contribution in [0.3, 0.4) is 0 Å². The monoisotopic (exact) mass is 368 g/mol. The van der Waals surface area contributed by atoms with Crippen molar-refractivity contribution in [1.29, 1.82) is 0 Å². The predicted molar refractivity (Wildman–Crippen MR) is 93.0 cm³/mol. The summed E-state index contributed by atoms with van der Waals surface area (Å²) in [5.41, 5.74) is 0.951. The molecule has 0 bridgehead atoms. The molecule has 0 aromatic heterocycles. The minimum absolute atomic E-state index is 0.110. The van der Waals surface area contributed by atoms with Crippen LogP contribution in [0.2, 0.25) is 5.02 Å². The highest BCUT2D eigenvalue weighted by Crippen LogP contribution is 2.20. The summed E-state index contributed by atoms with van der Waals surface area (Å²) < 4.78 is 31.5. The number of sulfonamides is 1. The molecule has 24 heavy (non-hydrogen) atoms. The molecule has 0 fully saturated rings. The maximum absolute atomic E-state index is 12.0. The van der Waals surface area contributed by atoms with Gasteiger partial charge in [-0.25, -0.2) is 13.1 Å². The third kappa shape index (κ3) is 4.70. The van der Waals surface area contributed by atoms with Crippen LogP contribution in [0.5, 0.6) is 5.75 Å². The Morgan fingerprint density at radius 3 is 2.62 bits per heavy atom. The lowest BCUT2D eigenvalue weighted by atomic mass is 10.2. The molecule has 0 saturated heterocycles. The first-order chi connectivity index (χ1) is 11.3. The topological polar surface area (TPSA) is 84.5 Å². The number of hydrogen-bond donors (Lipinski definition) is 2. The van der Waals surface area contributed by atoms with E-state index in [1.807, 2.05) is 0 Å². The van der Waals surface area contributed by atoms with Crippen LogP contribution in [0, 0.1) is 6.92 Å². The van der Waals surface area contributed by atoms with Crippen molar-refractivity contribution in [3.05, 3.63) is 53.1 Å². The molecule has 0 radical (unpaired) electrons. The van der Waals surface area contributed by atoms with E-state index in [0.717, 1.165) is 0 Å². The Hall–Kier alpha value is -2.09. The number of anilines is 1. The number of nitrogens with one attached hydrogen (secondary N) is 2. The Kier molecular flexibility index (Phi) is 5.82. The number of benzene rings is 2. The van der Waals surface area contributed by atoms with Gasteiger partial charge in [0.05, 0.1) is 4.90 Å². The third-order valence-corrected chi connectivity index (χ3v) is 4.99. The zero-order valence-corrected chi connectivity index (χ0v) is 14.7. The van der Waals surface area contributed by atoms with Gasteiger partial charge in [0.2, 0.25) is 10.0 Å². The Labute approximate surface area is 145 Å². The van der Waals surface area contributed by atoms with Gasteiger partial charge in [-0.05, 0) is 49.9 Å². The minimum Gasteiger partial charge on any atom is -0.484 e. The first kappa shape index (κ1) is 18.3. The van der Waals surface area contributed by atoms with Gasteiger partial charge in [0.1, 0.15) is 5.75 Å². The van der Waals surface area contributed by atoms with Gasteiger partial charge >= 0.3 is 0 Å². The van der Waals surface area contributed by atoms with Gasteiger partial charge in [-0.3, -0.25) is 4.79 Å². The molecule has 0 atom stereocenters. The predicted octanol–water partition coefficient (Wildman–Crippen LogP) is 2.57. The summed E-state index contributed by atoms with van der Waals surface area (Å²) in [4.78, 5) is 12.1. The second-order valence-electron chi connectivity index (χ2n) is 4.98. The highest BCUT2D eigenvalue weighted by Gasteiger charge is 2.15. The summed E-state index contributed by atoms with van der Waals surface area (Å²) in [5.74, 6) is 0.0617. The number of halogens is 1. The Morgan fingerprint density at radius 2 is 1.96 bits per heavy atom. The van der Waals surface area contributed by atoms with Gasteiger partial charge in [-0.2, -0.15) is 0 Å². The lowest BCUT2D eigenvalue weighted by molar-refractivity contribution is -0.118. The van der Waals surface area contributed by atoms with Crippen molar-refractivity contribution in [3.8, 4) is 5.75 Å². The molecule has 2 N–H and O–H groups in total. The van der Waals surface area contributed by atoms with E-state index in [1.165, 1.54) is 13.1 Å². The van der Waals surface area contributed by atoms with Crippen molar-refractivity contribution in [1.82, 2.24) is 4.72 Å². The van der Waals surface area contributed by atoms with E-state index in [1.54, 1.807) is 43.3 Å². The van der Waals surface area contributed by atoms with Crippen LogP contribution in [0.25, 0.3) is 0 Å². The number of carbonyl (C=O) groups is 1. The fraction of sp³-hybridized carbons (Fsp3) is 0.188. The van der Waals surface area contributed by atoms with Crippen molar-refractivity contribution in [2.45, 2.75) is 11.8 Å². The fourth-order valence-electron chi connectivity index (χ4n) is 1.98. The molecule has 128 valence electrons. The molecular formula is C16H17ClN2O4S. The number of aryl methyl sites for hydroxylation is 1. The lowest BCUT2D eigenvalue weighted by Crippen LogP contribution is -2.22. The smallest absolute Gasteiger partial charge is 0.262 e. The maximum atomic E-state index is 12.0. The van der Waals surface area contributed by atoms with Crippen LogP contribution in [0.15, 0.2) is 47.4 Å². The van der Waals surface area contributed by atoms with Gasteiger partial charge in [-0.15, -0.1) is 0 Å². The summed E-state index contributed by atoms with van der Waals surface area (Å²) in [6.07, 6.45) is 0. The van der Waals surface area contributed by atoms with Crippen molar-refractivity contribution in [2.75, 3.05) is 19.0 Å². The summed E-state index contributed by atoms with van der Waals surface area (Å²) in [5, 5.41) is 3.11. The minimum atomic E-state index is -3.59. The summed E-state index contributed by atoms with van der Waals surface area (Å²) in [6, 6.07) is 11.3. The maximum Gasteiger partial charge on any atom is 0.262 e. The summed E-state index contributed by atoms with van der Waals surface area (Å²) in [7, 11) is -2.26. The quantitative estimate of drug-likeness (QED) is 0.820. The molecule has 0 saturated carbocycles. The molecule has 0 aliphatic carbocycles. The average Bonchev–Trinajstić information content (AvgIpc) is 2.54. The number of amides is 1. The third-order valence-electron chi connectivity index (χ3n) is 3.20. The van der Waals surface area contributed by atoms with Gasteiger partial charge in [0, 0.05) is 10.7 Å². The zero-order chi connectivity index (χ0) is 17.7. The van der Waals surface area contributed by atoms with E-state index in [9.17, 15) is 13.2 Å². The van der Waals surface area contributed by atoms with E-state index >= 15 is 0 Å². The Morgan fingerprint density at radius 1 is 1.21 bits per heavy atom. The number of carbonyl (C=O) groups excluding carboxylic acids is 1. The lowest BCUT2D eigenvalue weighted by Gasteiger charge is -2.11. The molecule has 0 heterocycles. The van der Waals surface area contributed by atoms with Crippen molar-refractivity contribution in [2.24, 2.45) is 0 Å². The Bertz CT molecular complexity index is 853. The van der Waals surface area contributed by atoms with Crippen molar-refractivity contribution >= 4 is 33.2 Å². The van der Waals surface area contributed by atoms with E-state index in [-0.39, 0.29) is 11.5 Å². The number of hydrogen-bond acceptors (Lipinski definition) is 4. The van der Waals surface area contributed by atoms with Crippen LogP contribution in [0.1, 0.15) is 5.56 Å². The van der Waals surface area contributed by atoms with Crippen molar-refractivity contribution < 1.29 is 17.9 Å². The molecule has 2 aromatic rings. The average molecular weight is 369 g/mol. The molecule has 0 spiro atoms. The van der Waals surface area contributed by atoms with E-state index in [2.05, 4.69) is 10.0 Å². The van der Waals surface area contributed by atoms with E-state index in [4.69, 9.17) is 16.3 Å². The molecule has 2 aromatic carbocycles. The van der Waals surface area contributed by atoms with Crippen LogP contribution < -0.4 is 14.8 Å². The van der Waals surface area contributed by atoms with Gasteiger partial charge in [0.15, 0.2) is 6.61 Å². The van der Waals surface area contributed by atoms with E-state index in [0.29, 0.717) is 22.0 Å². The number of ether oxygens (including phenoxy) is 1. The number of rotatable bonds is 6. The molecule has 2 rings (SSSR count). The van der Waals surface area contributed by atoms with Crippen LogP contribution in [0.4, 0.5) is 5.69 Å². The Balaban J connectivity index is 2.05. The SMILES string of the molecule is CNS(=O)(=O)c1cc(NC(=O)COc2cccc(Cl)c2)ccc1C. The molecule has 8 heteroatoms. The van der Waals surface area contributed by atoms with Crippen LogP contribution in [-0.4, -0.2) is 28.0 Å². The second-order valence-corrected chi connectivity index (χ2v) is 7.27. The largest absolute Gasteiger partial charge is 0.484 e. The standard InChI is InChI=1S/C16H17ClN2O4S/c1-11-6-7-13(9-15(11)24(21,22)18-2)19-16(20)10-23-14-5-3-4-12(17)8-14/h3-9,18H,10H2,1-2H3,(H,19,20). The van der Waals surface area contributed by atoms with Gasteiger partial charge in [0.25, 0.3) is 5.91 Å². The molecule has 0 aliphatic heterocycles. The van der Waals surface area contributed by atoms with Crippen LogP contribution >= 0.6 is 11.6 Å². The van der Waals surface area contributed by atoms with Crippen molar-refractivity contribution in [3.63, 3.8) is 0 Å². The zero-order valence-electron chi connectivity index (χ0n) is 13.2. The highest BCUT2D eigenvalue weighted by atomic mass is 35.5. The fourth-order valence-corrected chi connectivity index (χ4v) is 3.15. The first-order valence-corrected chi connectivity index (χ1v) is 8.90. The molecule has 6 nitrogen and oxygen atoms in total. The molecule has 0 unspecified atom stereocenters. The normalized spacial score (nSPS) is 11.1. The summed E-state index contributed by atoms with van der Waals surface area (Å²) in [6.45, 7) is 1.46. The molecule has 1 amide bonds. The van der Waals surface area contributed by atoms with Crippen LogP contribution in [-0.2, 0) is 14.8 Å². The van der Waals surface area contributed by atoms with Gasteiger partial charge < -0.3 is 10.1 Å². The molecular weight excluding hydrogens is 352 g/mol. The van der Waals surface area contributed by atoms with E-state index < -0.39 is 15.9 Å². The second kappa shape index (κ2) is 7.65. The molecule has 0 aliphatic rings.